The highest BCUT2D eigenvalue weighted by molar-refractivity contribution is 5.67. The summed E-state index contributed by atoms with van der Waals surface area (Å²) >= 11 is 0. The molecule has 0 aromatic carbocycles. The number of nitrogens with zero attached hydrogens (tertiary/aromatic N) is 3. The molecular formula is C14H21N3O2. The SMILES string of the molecule is CC(C)c1ccc(N2CCCC(CC(=O)O)C2)nn1. The van der Waals surface area contributed by atoms with Crippen LogP contribution >= 0.6 is 0 Å². The van der Waals surface area contributed by atoms with Gasteiger partial charge in [0.1, 0.15) is 0 Å². The maximum absolute atomic E-state index is 10.8. The first-order chi connectivity index (χ1) is 9.06. The molecule has 1 fully saturated rings. The monoisotopic (exact) mass is 263 g/mol. The molecule has 0 amide bonds. The summed E-state index contributed by atoms with van der Waals surface area (Å²) in [6.07, 6.45) is 2.25. The highest BCUT2D eigenvalue weighted by atomic mass is 16.4. The summed E-state index contributed by atoms with van der Waals surface area (Å²) in [6, 6.07) is 4.00. The molecule has 1 aliphatic rings. The predicted molar refractivity (Wildman–Crippen MR) is 73.3 cm³/mol. The second-order valence-corrected chi connectivity index (χ2v) is 5.52. The van der Waals surface area contributed by atoms with Crippen LogP contribution in [0.5, 0.6) is 0 Å². The summed E-state index contributed by atoms with van der Waals surface area (Å²) in [7, 11) is 0. The van der Waals surface area contributed by atoms with Crippen molar-refractivity contribution in [1.29, 1.82) is 0 Å². The average molecular weight is 263 g/mol. The van der Waals surface area contributed by atoms with Gasteiger partial charge in [-0.2, -0.15) is 5.10 Å². The Kier molecular flexibility index (Phi) is 4.35. The molecule has 1 aromatic rings. The molecule has 0 aliphatic carbocycles. The van der Waals surface area contributed by atoms with Gasteiger partial charge in [0.2, 0.25) is 0 Å². The van der Waals surface area contributed by atoms with E-state index in [1.165, 1.54) is 0 Å². The van der Waals surface area contributed by atoms with Crippen LogP contribution in [0, 0.1) is 5.92 Å². The maximum Gasteiger partial charge on any atom is 0.303 e. The first kappa shape index (κ1) is 13.8. The molecule has 1 atom stereocenters. The second-order valence-electron chi connectivity index (χ2n) is 5.52. The van der Waals surface area contributed by atoms with Crippen molar-refractivity contribution >= 4 is 11.8 Å². The smallest absolute Gasteiger partial charge is 0.303 e. The summed E-state index contributed by atoms with van der Waals surface area (Å²) in [5.41, 5.74) is 0.989. The zero-order valence-corrected chi connectivity index (χ0v) is 11.5. The number of hydrogen-bond acceptors (Lipinski definition) is 4. The standard InChI is InChI=1S/C14H21N3O2/c1-10(2)12-5-6-13(16-15-12)17-7-3-4-11(9-17)8-14(18)19/h5-6,10-11H,3-4,7-9H2,1-2H3,(H,18,19). The van der Waals surface area contributed by atoms with Gasteiger partial charge in [-0.3, -0.25) is 4.79 Å². The van der Waals surface area contributed by atoms with Crippen LogP contribution < -0.4 is 4.90 Å². The minimum Gasteiger partial charge on any atom is -0.481 e. The lowest BCUT2D eigenvalue weighted by Gasteiger charge is -2.32. The van der Waals surface area contributed by atoms with E-state index in [1.54, 1.807) is 0 Å². The van der Waals surface area contributed by atoms with Crippen LogP contribution in [0.15, 0.2) is 12.1 Å². The van der Waals surface area contributed by atoms with Gasteiger partial charge in [0.25, 0.3) is 0 Å². The van der Waals surface area contributed by atoms with E-state index in [9.17, 15) is 4.79 Å². The number of carboxylic acids is 1. The Morgan fingerprint density at radius 2 is 2.26 bits per heavy atom. The van der Waals surface area contributed by atoms with E-state index < -0.39 is 5.97 Å². The van der Waals surface area contributed by atoms with Crippen molar-refractivity contribution in [2.24, 2.45) is 5.92 Å². The third kappa shape index (κ3) is 3.66. The van der Waals surface area contributed by atoms with E-state index in [1.807, 2.05) is 12.1 Å². The fourth-order valence-corrected chi connectivity index (χ4v) is 2.50. The van der Waals surface area contributed by atoms with E-state index in [0.717, 1.165) is 37.4 Å². The van der Waals surface area contributed by atoms with E-state index in [2.05, 4.69) is 28.9 Å². The van der Waals surface area contributed by atoms with Crippen LogP contribution in [0.2, 0.25) is 0 Å². The van der Waals surface area contributed by atoms with E-state index in [-0.39, 0.29) is 12.3 Å². The van der Waals surface area contributed by atoms with Crippen molar-refractivity contribution in [3.05, 3.63) is 17.8 Å². The third-order valence-electron chi connectivity index (χ3n) is 3.57. The molecule has 0 bridgehead atoms. The molecule has 5 heteroatoms. The highest BCUT2D eigenvalue weighted by Gasteiger charge is 2.23. The first-order valence-corrected chi connectivity index (χ1v) is 6.86. The van der Waals surface area contributed by atoms with E-state index in [4.69, 9.17) is 5.11 Å². The molecule has 1 aromatic heterocycles. The Hall–Kier alpha value is -1.65. The highest BCUT2D eigenvalue weighted by Crippen LogP contribution is 2.24. The van der Waals surface area contributed by atoms with Crippen LogP contribution in [0.25, 0.3) is 0 Å². The number of carbonyl (C=O) groups is 1. The first-order valence-electron chi connectivity index (χ1n) is 6.86. The molecule has 104 valence electrons. The Bertz CT molecular complexity index is 431. The Balaban J connectivity index is 2.02. The summed E-state index contributed by atoms with van der Waals surface area (Å²) in [5, 5.41) is 17.4. The lowest BCUT2D eigenvalue weighted by molar-refractivity contribution is -0.138. The number of aromatic nitrogens is 2. The molecule has 2 rings (SSSR count). The summed E-state index contributed by atoms with van der Waals surface area (Å²) in [4.78, 5) is 12.9. The lowest BCUT2D eigenvalue weighted by Crippen LogP contribution is -2.36. The summed E-state index contributed by atoms with van der Waals surface area (Å²) in [5.74, 6) is 0.744. The van der Waals surface area contributed by atoms with Crippen LogP contribution in [0.3, 0.4) is 0 Å². The largest absolute Gasteiger partial charge is 0.481 e. The van der Waals surface area contributed by atoms with Crippen molar-refractivity contribution in [3.8, 4) is 0 Å². The number of rotatable bonds is 4. The molecule has 1 saturated heterocycles. The van der Waals surface area contributed by atoms with E-state index >= 15 is 0 Å². The van der Waals surface area contributed by atoms with Crippen molar-refractivity contribution in [1.82, 2.24) is 10.2 Å². The van der Waals surface area contributed by atoms with Gasteiger partial charge in [-0.1, -0.05) is 13.8 Å². The second kappa shape index (κ2) is 5.99. The van der Waals surface area contributed by atoms with Crippen molar-refractivity contribution < 1.29 is 9.90 Å². The quantitative estimate of drug-likeness (QED) is 0.902. The Morgan fingerprint density at radius 1 is 1.47 bits per heavy atom. The van der Waals surface area contributed by atoms with Gasteiger partial charge >= 0.3 is 5.97 Å². The van der Waals surface area contributed by atoms with Gasteiger partial charge in [0.05, 0.1) is 5.69 Å². The minimum atomic E-state index is -0.715. The van der Waals surface area contributed by atoms with Crippen LogP contribution in [-0.2, 0) is 4.79 Å². The molecule has 1 unspecified atom stereocenters. The van der Waals surface area contributed by atoms with Crippen LogP contribution in [-0.4, -0.2) is 34.4 Å². The fourth-order valence-electron chi connectivity index (χ4n) is 2.50. The maximum atomic E-state index is 10.8. The van der Waals surface area contributed by atoms with Gasteiger partial charge in [-0.05, 0) is 36.8 Å². The van der Waals surface area contributed by atoms with Crippen molar-refractivity contribution in [2.75, 3.05) is 18.0 Å². The minimum absolute atomic E-state index is 0.220. The average Bonchev–Trinajstić information content (AvgIpc) is 2.38. The molecule has 0 radical (unpaired) electrons. The number of aliphatic carboxylic acids is 1. The van der Waals surface area contributed by atoms with E-state index in [0.29, 0.717) is 5.92 Å². The molecule has 1 aliphatic heterocycles. The lowest BCUT2D eigenvalue weighted by atomic mass is 9.95. The van der Waals surface area contributed by atoms with Gasteiger partial charge in [-0.15, -0.1) is 5.10 Å². The molecule has 0 saturated carbocycles. The molecule has 1 N–H and O–H groups in total. The number of hydrogen-bond donors (Lipinski definition) is 1. The topological polar surface area (TPSA) is 66.3 Å². The molecule has 19 heavy (non-hydrogen) atoms. The summed E-state index contributed by atoms with van der Waals surface area (Å²) in [6.45, 7) is 5.88. The molecule has 0 spiro atoms. The molecule has 5 nitrogen and oxygen atoms in total. The number of piperidine rings is 1. The Morgan fingerprint density at radius 3 is 2.84 bits per heavy atom. The zero-order valence-electron chi connectivity index (χ0n) is 11.5. The molecule has 2 heterocycles. The van der Waals surface area contributed by atoms with Gasteiger partial charge in [0.15, 0.2) is 5.82 Å². The fraction of sp³-hybridized carbons (Fsp3) is 0.643. The van der Waals surface area contributed by atoms with Crippen molar-refractivity contribution in [3.63, 3.8) is 0 Å². The normalized spacial score (nSPS) is 19.7. The Labute approximate surface area is 113 Å². The van der Waals surface area contributed by atoms with Crippen LogP contribution in [0.4, 0.5) is 5.82 Å². The zero-order chi connectivity index (χ0) is 13.8. The summed E-state index contributed by atoms with van der Waals surface area (Å²) < 4.78 is 0. The third-order valence-corrected chi connectivity index (χ3v) is 3.57. The van der Waals surface area contributed by atoms with Crippen molar-refractivity contribution in [2.45, 2.75) is 39.0 Å². The molecular weight excluding hydrogens is 242 g/mol. The van der Waals surface area contributed by atoms with Gasteiger partial charge in [0, 0.05) is 19.5 Å². The van der Waals surface area contributed by atoms with Gasteiger partial charge < -0.3 is 10.0 Å². The predicted octanol–water partition coefficient (Wildman–Crippen LogP) is 2.29. The van der Waals surface area contributed by atoms with Gasteiger partial charge in [-0.25, -0.2) is 0 Å². The van der Waals surface area contributed by atoms with Crippen LogP contribution in [0.1, 0.15) is 44.7 Å². The number of anilines is 1. The number of carboxylic acid groups (broad SMARTS) is 1.